The fourth-order valence-electron chi connectivity index (χ4n) is 3.27. The summed E-state index contributed by atoms with van der Waals surface area (Å²) in [5.41, 5.74) is 2.21. The van der Waals surface area contributed by atoms with Crippen LogP contribution in [0.5, 0.6) is 0 Å². The predicted octanol–water partition coefficient (Wildman–Crippen LogP) is 2.03. The van der Waals surface area contributed by atoms with E-state index in [4.69, 9.17) is 0 Å². The molecule has 1 aliphatic heterocycles. The van der Waals surface area contributed by atoms with E-state index in [2.05, 4.69) is 36.2 Å². The lowest BCUT2D eigenvalue weighted by Crippen LogP contribution is -2.43. The maximum Gasteiger partial charge on any atom is 0.347 e. The predicted molar refractivity (Wildman–Crippen MR) is 92.7 cm³/mol. The van der Waals surface area contributed by atoms with Crippen LogP contribution in [0.15, 0.2) is 47.5 Å². The summed E-state index contributed by atoms with van der Waals surface area (Å²) in [4.78, 5) is 29.7. The molecular weight excluding hydrogens is 302 g/mol. The normalized spacial score (nSPS) is 17.7. The molecule has 1 aliphatic rings. The number of nitrogens with zero attached hydrogens (tertiary/aromatic N) is 3. The van der Waals surface area contributed by atoms with Crippen molar-refractivity contribution in [3.05, 3.63) is 64.3 Å². The van der Waals surface area contributed by atoms with Crippen LogP contribution in [0, 0.1) is 12.8 Å². The molecule has 2 aromatic rings. The third-order valence-corrected chi connectivity index (χ3v) is 4.61. The summed E-state index contributed by atoms with van der Waals surface area (Å²) in [6, 6.07) is 10.3. The van der Waals surface area contributed by atoms with Gasteiger partial charge in [-0.15, -0.1) is 0 Å². The number of rotatable bonds is 4. The number of piperidine rings is 1. The Balaban J connectivity index is 1.60. The van der Waals surface area contributed by atoms with Crippen molar-refractivity contribution in [1.82, 2.24) is 14.5 Å². The highest BCUT2D eigenvalue weighted by atomic mass is 16.2. The van der Waals surface area contributed by atoms with Gasteiger partial charge >= 0.3 is 5.69 Å². The lowest BCUT2D eigenvalue weighted by atomic mass is 9.91. The molecule has 0 aliphatic carbocycles. The number of carbonyl (C=O) groups is 1. The van der Waals surface area contributed by atoms with Crippen LogP contribution in [0.25, 0.3) is 0 Å². The Morgan fingerprint density at radius 3 is 2.83 bits per heavy atom. The van der Waals surface area contributed by atoms with Gasteiger partial charge in [-0.2, -0.15) is 0 Å². The van der Waals surface area contributed by atoms with E-state index >= 15 is 0 Å². The van der Waals surface area contributed by atoms with Gasteiger partial charge in [-0.1, -0.05) is 29.8 Å². The fourth-order valence-corrected chi connectivity index (χ4v) is 3.27. The second-order valence-electron chi connectivity index (χ2n) is 6.57. The average molecular weight is 325 g/mol. The molecule has 1 unspecified atom stereocenters. The van der Waals surface area contributed by atoms with Crippen LogP contribution >= 0.6 is 0 Å². The first kappa shape index (κ1) is 16.4. The van der Waals surface area contributed by atoms with Gasteiger partial charge in [0.15, 0.2) is 0 Å². The molecule has 1 aromatic carbocycles. The minimum absolute atomic E-state index is 0.00120. The molecular formula is C19H23N3O2. The van der Waals surface area contributed by atoms with Gasteiger partial charge in [-0.3, -0.25) is 9.36 Å². The van der Waals surface area contributed by atoms with Gasteiger partial charge in [0.05, 0.1) is 0 Å². The van der Waals surface area contributed by atoms with E-state index in [1.165, 1.54) is 21.9 Å². The van der Waals surface area contributed by atoms with Crippen molar-refractivity contribution in [3.8, 4) is 0 Å². The summed E-state index contributed by atoms with van der Waals surface area (Å²) in [6.07, 6.45) is 6.22. The second-order valence-corrected chi connectivity index (χ2v) is 6.57. The third kappa shape index (κ3) is 4.10. The molecule has 1 fully saturated rings. The van der Waals surface area contributed by atoms with Crippen molar-refractivity contribution in [3.63, 3.8) is 0 Å². The number of benzene rings is 1. The number of hydrogen-bond acceptors (Lipinski definition) is 3. The van der Waals surface area contributed by atoms with Crippen molar-refractivity contribution in [2.24, 2.45) is 5.92 Å². The Morgan fingerprint density at radius 2 is 2.08 bits per heavy atom. The monoisotopic (exact) mass is 325 g/mol. The smallest absolute Gasteiger partial charge is 0.341 e. The molecule has 24 heavy (non-hydrogen) atoms. The Labute approximate surface area is 141 Å². The quantitative estimate of drug-likeness (QED) is 0.864. The van der Waals surface area contributed by atoms with Gasteiger partial charge in [-0.25, -0.2) is 9.78 Å². The Kier molecular flexibility index (Phi) is 5.08. The molecule has 0 bridgehead atoms. The van der Waals surface area contributed by atoms with Crippen molar-refractivity contribution in [2.75, 3.05) is 13.1 Å². The van der Waals surface area contributed by atoms with Crippen LogP contribution in [0.1, 0.15) is 24.0 Å². The summed E-state index contributed by atoms with van der Waals surface area (Å²) in [5, 5.41) is 0. The summed E-state index contributed by atoms with van der Waals surface area (Å²) >= 11 is 0. The molecule has 0 radical (unpaired) electrons. The number of amides is 1. The first-order valence-corrected chi connectivity index (χ1v) is 8.46. The molecule has 1 saturated heterocycles. The fraction of sp³-hybridized carbons (Fsp3) is 0.421. The minimum Gasteiger partial charge on any atom is -0.341 e. The number of hydrogen-bond donors (Lipinski definition) is 0. The van der Waals surface area contributed by atoms with Gasteiger partial charge in [0.2, 0.25) is 5.91 Å². The third-order valence-electron chi connectivity index (χ3n) is 4.61. The van der Waals surface area contributed by atoms with Crippen molar-refractivity contribution >= 4 is 5.91 Å². The molecule has 5 nitrogen and oxygen atoms in total. The highest BCUT2D eigenvalue weighted by Gasteiger charge is 2.24. The van der Waals surface area contributed by atoms with Gasteiger partial charge in [0.1, 0.15) is 6.54 Å². The van der Waals surface area contributed by atoms with E-state index in [-0.39, 0.29) is 18.1 Å². The van der Waals surface area contributed by atoms with Crippen molar-refractivity contribution < 1.29 is 4.79 Å². The number of aryl methyl sites for hydroxylation is 1. The standard InChI is InChI=1S/C19H23N3O2/c1-15-5-7-16(8-6-15)12-17-4-2-10-21(13-17)18(23)14-22-11-3-9-20-19(22)24/h3,5-9,11,17H,2,4,10,12-14H2,1H3. The molecule has 1 amide bonds. The molecule has 0 spiro atoms. The topological polar surface area (TPSA) is 55.2 Å². The van der Waals surface area contributed by atoms with E-state index < -0.39 is 0 Å². The average Bonchev–Trinajstić information content (AvgIpc) is 2.59. The lowest BCUT2D eigenvalue weighted by molar-refractivity contribution is -0.133. The van der Waals surface area contributed by atoms with Gasteiger partial charge in [0.25, 0.3) is 0 Å². The maximum atomic E-state index is 12.5. The summed E-state index contributed by atoms with van der Waals surface area (Å²) in [7, 11) is 0. The SMILES string of the molecule is Cc1ccc(CC2CCCN(C(=O)Cn3cccnc3=O)C2)cc1. The molecule has 0 N–H and O–H groups in total. The molecule has 1 atom stereocenters. The first-order chi connectivity index (χ1) is 11.6. The number of aromatic nitrogens is 2. The largest absolute Gasteiger partial charge is 0.347 e. The molecule has 3 rings (SSSR count). The zero-order chi connectivity index (χ0) is 16.9. The van der Waals surface area contributed by atoms with Gasteiger partial charge in [-0.05, 0) is 43.7 Å². The van der Waals surface area contributed by atoms with E-state index in [1.54, 1.807) is 12.3 Å². The number of likely N-dealkylation sites (tertiary alicyclic amines) is 1. The molecule has 5 heteroatoms. The van der Waals surface area contributed by atoms with E-state index in [9.17, 15) is 9.59 Å². The Bertz CT molecular complexity index is 752. The summed E-state index contributed by atoms with van der Waals surface area (Å²) in [6.45, 7) is 3.70. The Morgan fingerprint density at radius 1 is 1.29 bits per heavy atom. The van der Waals surface area contributed by atoms with E-state index in [0.717, 1.165) is 32.4 Å². The second kappa shape index (κ2) is 7.43. The van der Waals surface area contributed by atoms with E-state index in [0.29, 0.717) is 5.92 Å². The zero-order valence-electron chi connectivity index (χ0n) is 14.0. The van der Waals surface area contributed by atoms with Gasteiger partial charge in [0, 0.05) is 25.5 Å². The Hall–Kier alpha value is -2.43. The highest BCUT2D eigenvalue weighted by molar-refractivity contribution is 5.76. The molecule has 126 valence electrons. The minimum atomic E-state index is -0.376. The first-order valence-electron chi connectivity index (χ1n) is 8.46. The van der Waals surface area contributed by atoms with Crippen LogP contribution in [-0.2, 0) is 17.8 Å². The van der Waals surface area contributed by atoms with Crippen LogP contribution in [-0.4, -0.2) is 33.4 Å². The number of carbonyl (C=O) groups excluding carboxylic acids is 1. The van der Waals surface area contributed by atoms with E-state index in [1.807, 2.05) is 4.90 Å². The van der Waals surface area contributed by atoms with Gasteiger partial charge < -0.3 is 4.90 Å². The molecule has 1 aromatic heterocycles. The maximum absolute atomic E-state index is 12.5. The summed E-state index contributed by atoms with van der Waals surface area (Å²) in [5.74, 6) is 0.481. The van der Waals surface area contributed by atoms with Crippen LogP contribution in [0.4, 0.5) is 0 Å². The molecule has 0 saturated carbocycles. The van der Waals surface area contributed by atoms with Crippen molar-refractivity contribution in [2.45, 2.75) is 32.7 Å². The zero-order valence-corrected chi connectivity index (χ0v) is 14.0. The highest BCUT2D eigenvalue weighted by Crippen LogP contribution is 2.21. The summed E-state index contributed by atoms with van der Waals surface area (Å²) < 4.78 is 1.37. The lowest BCUT2D eigenvalue weighted by Gasteiger charge is -2.33. The van der Waals surface area contributed by atoms with Crippen LogP contribution < -0.4 is 5.69 Å². The van der Waals surface area contributed by atoms with Crippen LogP contribution in [0.2, 0.25) is 0 Å². The van der Waals surface area contributed by atoms with Crippen molar-refractivity contribution in [1.29, 1.82) is 0 Å². The molecule has 2 heterocycles. The van der Waals surface area contributed by atoms with Crippen LogP contribution in [0.3, 0.4) is 0 Å².